The average Bonchev–Trinajstić information content (AvgIpc) is 2.81. The minimum Gasteiger partial charge on any atom is -0.496 e. The topological polar surface area (TPSA) is 21.3 Å². The summed E-state index contributed by atoms with van der Waals surface area (Å²) in [4.78, 5) is 0.917. The molecule has 18 heavy (non-hydrogen) atoms. The van der Waals surface area contributed by atoms with Crippen LogP contribution in [0.4, 0.5) is 8.78 Å². The summed E-state index contributed by atoms with van der Waals surface area (Å²) in [6.45, 7) is 0. The fourth-order valence-electron chi connectivity index (χ4n) is 1.78. The molecule has 0 aliphatic heterocycles. The van der Waals surface area contributed by atoms with Crippen molar-refractivity contribution in [2.24, 2.45) is 0 Å². The van der Waals surface area contributed by atoms with Gasteiger partial charge in [0.05, 0.1) is 13.2 Å². The molecular formula is C13H13F2NOS. The van der Waals surface area contributed by atoms with Crippen molar-refractivity contribution >= 4 is 11.3 Å². The smallest absolute Gasteiger partial charge is 0.131 e. The molecule has 1 aromatic heterocycles. The van der Waals surface area contributed by atoms with Crippen molar-refractivity contribution < 1.29 is 13.5 Å². The molecule has 0 aliphatic carbocycles. The number of rotatable bonds is 4. The zero-order chi connectivity index (χ0) is 13.1. The first-order valence-electron chi connectivity index (χ1n) is 5.40. The second-order valence-electron chi connectivity index (χ2n) is 3.78. The lowest BCUT2D eigenvalue weighted by molar-refractivity contribution is 0.416. The molecule has 96 valence electrons. The molecule has 1 heterocycles. The van der Waals surface area contributed by atoms with Crippen LogP contribution in [0.5, 0.6) is 5.75 Å². The Bertz CT molecular complexity index is 542. The van der Waals surface area contributed by atoms with Crippen molar-refractivity contribution in [3.05, 3.63) is 51.7 Å². The maximum Gasteiger partial charge on any atom is 0.131 e. The van der Waals surface area contributed by atoms with Crippen molar-refractivity contribution in [2.45, 2.75) is 6.04 Å². The van der Waals surface area contributed by atoms with E-state index in [4.69, 9.17) is 4.74 Å². The van der Waals surface area contributed by atoms with E-state index in [1.807, 2.05) is 11.4 Å². The maximum absolute atomic E-state index is 13.8. The summed E-state index contributed by atoms with van der Waals surface area (Å²) in [5, 5.41) is 4.87. The lowest BCUT2D eigenvalue weighted by Crippen LogP contribution is -2.17. The third-order valence-electron chi connectivity index (χ3n) is 2.68. The van der Waals surface area contributed by atoms with Crippen LogP contribution in [0.3, 0.4) is 0 Å². The number of benzene rings is 1. The molecular weight excluding hydrogens is 256 g/mol. The molecule has 1 atom stereocenters. The van der Waals surface area contributed by atoms with Gasteiger partial charge in [0.1, 0.15) is 17.4 Å². The lowest BCUT2D eigenvalue weighted by atomic mass is 10.0. The third kappa shape index (κ3) is 2.52. The molecule has 1 aromatic carbocycles. The summed E-state index contributed by atoms with van der Waals surface area (Å²) in [6.07, 6.45) is 0. The molecule has 1 unspecified atom stereocenters. The van der Waals surface area contributed by atoms with Crippen molar-refractivity contribution in [3.63, 3.8) is 0 Å². The van der Waals surface area contributed by atoms with E-state index in [1.165, 1.54) is 23.5 Å². The summed E-state index contributed by atoms with van der Waals surface area (Å²) < 4.78 is 31.8. The van der Waals surface area contributed by atoms with Crippen molar-refractivity contribution in [1.82, 2.24) is 5.32 Å². The van der Waals surface area contributed by atoms with Crippen LogP contribution in [-0.2, 0) is 0 Å². The van der Waals surface area contributed by atoms with Gasteiger partial charge in [0.2, 0.25) is 0 Å². The first-order chi connectivity index (χ1) is 8.65. The SMILES string of the molecule is CNC(c1cc(OC)cs1)c1ccc(F)cc1F. The van der Waals surface area contributed by atoms with Crippen LogP contribution in [0.2, 0.25) is 0 Å². The molecule has 2 aromatic rings. The van der Waals surface area contributed by atoms with E-state index in [0.29, 0.717) is 5.56 Å². The molecule has 0 aliphatic rings. The van der Waals surface area contributed by atoms with Crippen LogP contribution >= 0.6 is 11.3 Å². The molecule has 2 rings (SSSR count). The van der Waals surface area contributed by atoms with Gasteiger partial charge in [-0.05, 0) is 19.2 Å². The fraction of sp³-hybridized carbons (Fsp3) is 0.231. The number of nitrogens with one attached hydrogen (secondary N) is 1. The molecule has 0 saturated heterocycles. The van der Waals surface area contributed by atoms with E-state index in [0.717, 1.165) is 16.7 Å². The Kier molecular flexibility index (Phi) is 3.93. The van der Waals surface area contributed by atoms with Gasteiger partial charge < -0.3 is 10.1 Å². The van der Waals surface area contributed by atoms with Crippen LogP contribution in [0.15, 0.2) is 29.6 Å². The van der Waals surface area contributed by atoms with Gasteiger partial charge >= 0.3 is 0 Å². The number of hydrogen-bond donors (Lipinski definition) is 1. The van der Waals surface area contributed by atoms with E-state index in [-0.39, 0.29) is 6.04 Å². The molecule has 0 bridgehead atoms. The quantitative estimate of drug-likeness (QED) is 0.919. The first kappa shape index (κ1) is 13.0. The molecule has 0 fully saturated rings. The molecule has 2 nitrogen and oxygen atoms in total. The first-order valence-corrected chi connectivity index (χ1v) is 6.28. The van der Waals surface area contributed by atoms with Gasteiger partial charge in [-0.2, -0.15) is 0 Å². The highest BCUT2D eigenvalue weighted by atomic mass is 32.1. The van der Waals surface area contributed by atoms with Gasteiger partial charge in [0, 0.05) is 21.9 Å². The maximum atomic E-state index is 13.8. The Hall–Kier alpha value is -1.46. The standard InChI is InChI=1S/C13H13F2NOS/c1-16-13(12-6-9(17-2)7-18-12)10-4-3-8(14)5-11(10)15/h3-7,13,16H,1-2H3. The molecule has 0 radical (unpaired) electrons. The second kappa shape index (κ2) is 5.46. The Morgan fingerprint density at radius 2 is 2.06 bits per heavy atom. The Labute approximate surface area is 108 Å². The zero-order valence-corrected chi connectivity index (χ0v) is 10.9. The van der Waals surface area contributed by atoms with Gasteiger partial charge in [0.15, 0.2) is 0 Å². The summed E-state index contributed by atoms with van der Waals surface area (Å²) >= 11 is 1.47. The number of hydrogen-bond acceptors (Lipinski definition) is 3. The van der Waals surface area contributed by atoms with Crippen LogP contribution in [0, 0.1) is 11.6 Å². The minimum absolute atomic E-state index is 0.306. The predicted octanol–water partition coefficient (Wildman–Crippen LogP) is 3.34. The van der Waals surface area contributed by atoms with Gasteiger partial charge in [-0.3, -0.25) is 0 Å². The van der Waals surface area contributed by atoms with Gasteiger partial charge in [-0.1, -0.05) is 6.07 Å². The highest BCUT2D eigenvalue weighted by Crippen LogP contribution is 2.32. The van der Waals surface area contributed by atoms with Crippen LogP contribution in [-0.4, -0.2) is 14.2 Å². The van der Waals surface area contributed by atoms with E-state index < -0.39 is 11.6 Å². The zero-order valence-electron chi connectivity index (χ0n) is 10.0. The Balaban J connectivity index is 2.38. The van der Waals surface area contributed by atoms with E-state index in [2.05, 4.69) is 5.32 Å². The number of methoxy groups -OCH3 is 1. The number of halogens is 2. The Morgan fingerprint density at radius 3 is 2.61 bits per heavy atom. The van der Waals surface area contributed by atoms with Gasteiger partial charge in [0.25, 0.3) is 0 Å². The third-order valence-corrected chi connectivity index (χ3v) is 3.65. The van der Waals surface area contributed by atoms with E-state index in [9.17, 15) is 8.78 Å². The van der Waals surface area contributed by atoms with Gasteiger partial charge in [-0.25, -0.2) is 8.78 Å². The lowest BCUT2D eigenvalue weighted by Gasteiger charge is -2.15. The summed E-state index contributed by atoms with van der Waals surface area (Å²) in [5.41, 5.74) is 0.420. The predicted molar refractivity (Wildman–Crippen MR) is 68.1 cm³/mol. The van der Waals surface area contributed by atoms with Crippen LogP contribution in [0.25, 0.3) is 0 Å². The largest absolute Gasteiger partial charge is 0.496 e. The highest BCUT2D eigenvalue weighted by molar-refractivity contribution is 7.10. The highest BCUT2D eigenvalue weighted by Gasteiger charge is 2.18. The monoisotopic (exact) mass is 269 g/mol. The van der Waals surface area contributed by atoms with Gasteiger partial charge in [-0.15, -0.1) is 11.3 Å². The van der Waals surface area contributed by atoms with E-state index in [1.54, 1.807) is 14.2 Å². The van der Waals surface area contributed by atoms with Crippen LogP contribution in [0.1, 0.15) is 16.5 Å². The molecule has 0 amide bonds. The summed E-state index contributed by atoms with van der Waals surface area (Å²) in [7, 11) is 3.32. The normalized spacial score (nSPS) is 12.4. The molecule has 0 saturated carbocycles. The molecule has 5 heteroatoms. The van der Waals surface area contributed by atoms with Crippen molar-refractivity contribution in [3.8, 4) is 5.75 Å². The minimum atomic E-state index is -0.574. The molecule has 1 N–H and O–H groups in total. The summed E-state index contributed by atoms with van der Waals surface area (Å²) in [5.74, 6) is -0.394. The number of ether oxygens (including phenoxy) is 1. The van der Waals surface area contributed by atoms with Crippen molar-refractivity contribution in [1.29, 1.82) is 0 Å². The fourth-order valence-corrected chi connectivity index (χ4v) is 2.76. The van der Waals surface area contributed by atoms with Crippen molar-refractivity contribution in [2.75, 3.05) is 14.2 Å². The van der Waals surface area contributed by atoms with E-state index >= 15 is 0 Å². The number of thiophene rings is 1. The molecule has 0 spiro atoms. The average molecular weight is 269 g/mol. The Morgan fingerprint density at radius 1 is 1.28 bits per heavy atom. The van der Waals surface area contributed by atoms with Crippen LogP contribution < -0.4 is 10.1 Å². The summed E-state index contributed by atoms with van der Waals surface area (Å²) in [6, 6.07) is 5.14. The second-order valence-corrected chi connectivity index (χ2v) is 4.72.